The zero-order chi connectivity index (χ0) is 33.0. The van der Waals surface area contributed by atoms with Gasteiger partial charge in [0.2, 0.25) is 5.88 Å². The zero-order valence-electron chi connectivity index (χ0n) is 28.5. The number of piperidine rings is 2. The van der Waals surface area contributed by atoms with Gasteiger partial charge in [-0.25, -0.2) is 9.78 Å². The van der Waals surface area contributed by atoms with E-state index in [2.05, 4.69) is 51.1 Å². The number of hydrogen-bond donors (Lipinski definition) is 2. The van der Waals surface area contributed by atoms with Crippen molar-refractivity contribution in [2.75, 3.05) is 69.6 Å². The Bertz CT molecular complexity index is 1380. The molecule has 0 unspecified atom stereocenters. The van der Waals surface area contributed by atoms with Gasteiger partial charge in [0.15, 0.2) is 11.5 Å². The second-order valence-corrected chi connectivity index (χ2v) is 13.9. The number of ether oxygens (including phenoxy) is 2. The third-order valence-corrected chi connectivity index (χ3v) is 9.13. The van der Waals surface area contributed by atoms with E-state index in [9.17, 15) is 9.59 Å². The van der Waals surface area contributed by atoms with Crippen LogP contribution in [0.3, 0.4) is 0 Å². The highest BCUT2D eigenvalue weighted by molar-refractivity contribution is 5.96. The minimum absolute atomic E-state index is 0.0657. The number of hydrogen-bond acceptors (Lipinski definition) is 10. The number of benzene rings is 1. The highest BCUT2D eigenvalue weighted by Gasteiger charge is 2.31. The second-order valence-electron chi connectivity index (χ2n) is 13.9. The summed E-state index contributed by atoms with van der Waals surface area (Å²) in [5.41, 5.74) is 8.94. The number of carbonyl (C=O) groups is 2. The standard InChI is InChI=1S/C34H52N8O4/c1-7-27-32(45-26-9-8-14-42(22-26)33(44)46-34(3,4)5)38-31(29(37-27)30(35)43)36-24-10-11-28(23(2)21-24)41-15-12-25(13-16-41)40-19-17-39(6)18-20-40/h10-11,21,25-26H,7-9,12-20,22H2,1-6H3,(H2,35,43)(H,36,38)/t26-/m1/s1. The van der Waals surface area contributed by atoms with Crippen molar-refractivity contribution in [1.29, 1.82) is 0 Å². The van der Waals surface area contributed by atoms with Crippen molar-refractivity contribution >= 4 is 29.2 Å². The molecule has 1 atom stereocenters. The van der Waals surface area contributed by atoms with Crippen LogP contribution in [0.5, 0.6) is 5.88 Å². The van der Waals surface area contributed by atoms with E-state index in [1.807, 2.05) is 33.8 Å². The minimum Gasteiger partial charge on any atom is -0.471 e. The van der Waals surface area contributed by atoms with E-state index in [0.717, 1.165) is 63.4 Å². The number of primary amides is 1. The number of rotatable bonds is 8. The summed E-state index contributed by atoms with van der Waals surface area (Å²) < 4.78 is 11.9. The number of carbonyl (C=O) groups excluding carboxylic acids is 2. The molecule has 4 heterocycles. The molecule has 1 aromatic heterocycles. The van der Waals surface area contributed by atoms with Crippen molar-refractivity contribution in [1.82, 2.24) is 24.7 Å². The van der Waals surface area contributed by atoms with Crippen LogP contribution < -0.4 is 20.7 Å². The first-order valence-corrected chi connectivity index (χ1v) is 16.8. The Morgan fingerprint density at radius 2 is 1.74 bits per heavy atom. The lowest BCUT2D eigenvalue weighted by atomic mass is 10.0. The molecule has 3 saturated heterocycles. The summed E-state index contributed by atoms with van der Waals surface area (Å²) in [4.78, 5) is 43.7. The summed E-state index contributed by atoms with van der Waals surface area (Å²) in [6.07, 6.45) is 3.75. The Morgan fingerprint density at radius 3 is 2.37 bits per heavy atom. The molecule has 0 radical (unpaired) electrons. The molecule has 12 nitrogen and oxygen atoms in total. The number of nitrogens with one attached hydrogen (secondary N) is 1. The second kappa shape index (κ2) is 14.4. The number of anilines is 3. The van der Waals surface area contributed by atoms with E-state index in [0.29, 0.717) is 37.1 Å². The van der Waals surface area contributed by atoms with Crippen molar-refractivity contribution in [2.45, 2.75) is 84.5 Å². The molecule has 2 aromatic rings. The van der Waals surface area contributed by atoms with Crippen molar-refractivity contribution in [2.24, 2.45) is 5.73 Å². The molecule has 3 aliphatic heterocycles. The summed E-state index contributed by atoms with van der Waals surface area (Å²) in [6, 6.07) is 6.88. The monoisotopic (exact) mass is 636 g/mol. The molecule has 3 fully saturated rings. The van der Waals surface area contributed by atoms with Crippen LogP contribution in [0.1, 0.15) is 75.1 Å². The molecular weight excluding hydrogens is 584 g/mol. The fourth-order valence-corrected chi connectivity index (χ4v) is 6.61. The van der Waals surface area contributed by atoms with Gasteiger partial charge in [0.05, 0.1) is 6.54 Å². The Kier molecular flexibility index (Phi) is 10.6. The lowest BCUT2D eigenvalue weighted by Gasteiger charge is -2.43. The number of amides is 2. The fraction of sp³-hybridized carbons (Fsp3) is 0.647. The average molecular weight is 637 g/mol. The fourth-order valence-electron chi connectivity index (χ4n) is 6.61. The summed E-state index contributed by atoms with van der Waals surface area (Å²) >= 11 is 0. The number of aromatic nitrogens is 2. The van der Waals surface area contributed by atoms with Gasteiger partial charge in [0, 0.05) is 63.2 Å². The predicted molar refractivity (Wildman–Crippen MR) is 180 cm³/mol. The van der Waals surface area contributed by atoms with Gasteiger partial charge in [-0.3, -0.25) is 9.69 Å². The smallest absolute Gasteiger partial charge is 0.410 e. The highest BCUT2D eigenvalue weighted by Crippen LogP contribution is 2.31. The molecule has 0 bridgehead atoms. The number of aryl methyl sites for hydroxylation is 2. The molecule has 3 N–H and O–H groups in total. The third-order valence-electron chi connectivity index (χ3n) is 9.13. The summed E-state index contributed by atoms with van der Waals surface area (Å²) in [5, 5.41) is 3.29. The predicted octanol–water partition coefficient (Wildman–Crippen LogP) is 4.18. The van der Waals surface area contributed by atoms with Crippen LogP contribution in [0.2, 0.25) is 0 Å². The Hall–Kier alpha value is -3.64. The normalized spacial score (nSPS) is 20.4. The topological polar surface area (TPSA) is 129 Å². The molecule has 0 spiro atoms. The van der Waals surface area contributed by atoms with Gasteiger partial charge in [0.1, 0.15) is 17.4 Å². The maximum atomic E-state index is 12.7. The van der Waals surface area contributed by atoms with Crippen LogP contribution in [-0.4, -0.2) is 114 Å². The molecule has 5 rings (SSSR count). The van der Waals surface area contributed by atoms with Gasteiger partial charge < -0.3 is 35.2 Å². The molecule has 252 valence electrons. The van der Waals surface area contributed by atoms with Gasteiger partial charge in [-0.05, 0) is 90.6 Å². The van der Waals surface area contributed by atoms with Gasteiger partial charge in [-0.1, -0.05) is 6.92 Å². The number of nitrogens with zero attached hydrogens (tertiary/aromatic N) is 6. The Morgan fingerprint density at radius 1 is 1.02 bits per heavy atom. The summed E-state index contributed by atoms with van der Waals surface area (Å²) in [6.45, 7) is 17.3. The number of likely N-dealkylation sites (tertiary alicyclic amines) is 1. The van der Waals surface area contributed by atoms with Crippen LogP contribution in [0.25, 0.3) is 0 Å². The van der Waals surface area contributed by atoms with Gasteiger partial charge in [-0.15, -0.1) is 0 Å². The van der Waals surface area contributed by atoms with E-state index in [4.69, 9.17) is 20.2 Å². The molecule has 1 aromatic carbocycles. The van der Waals surface area contributed by atoms with Crippen molar-refractivity contribution in [3.8, 4) is 5.88 Å². The minimum atomic E-state index is -0.665. The number of likely N-dealkylation sites (N-methyl/N-ethyl adjacent to an activating group) is 1. The molecule has 0 aliphatic carbocycles. The average Bonchev–Trinajstić information content (AvgIpc) is 3.01. The van der Waals surface area contributed by atoms with Crippen LogP contribution in [-0.2, 0) is 11.2 Å². The maximum absolute atomic E-state index is 12.7. The SMILES string of the molecule is CCc1nc(C(N)=O)c(Nc2ccc(N3CCC(N4CCN(C)CC4)CC3)c(C)c2)nc1O[C@@H]1CCCN(C(=O)OC(C)(C)C)C1. The first kappa shape index (κ1) is 33.7. The van der Waals surface area contributed by atoms with E-state index in [-0.39, 0.29) is 23.7 Å². The number of nitrogens with two attached hydrogens (primary N) is 1. The third kappa shape index (κ3) is 8.38. The highest BCUT2D eigenvalue weighted by atomic mass is 16.6. The molecule has 12 heteroatoms. The molecule has 3 aliphatic rings. The lowest BCUT2D eigenvalue weighted by molar-refractivity contribution is 0.00705. The van der Waals surface area contributed by atoms with E-state index in [1.54, 1.807) is 4.90 Å². The first-order valence-electron chi connectivity index (χ1n) is 16.8. The molecule has 2 amide bonds. The van der Waals surface area contributed by atoms with Gasteiger partial charge >= 0.3 is 6.09 Å². The zero-order valence-corrected chi connectivity index (χ0v) is 28.5. The molecule has 0 saturated carbocycles. The molecule has 46 heavy (non-hydrogen) atoms. The maximum Gasteiger partial charge on any atom is 0.410 e. The lowest BCUT2D eigenvalue weighted by Crippen LogP contribution is -2.52. The van der Waals surface area contributed by atoms with Crippen molar-refractivity contribution < 1.29 is 19.1 Å². The van der Waals surface area contributed by atoms with Crippen LogP contribution in [0.4, 0.5) is 22.0 Å². The number of piperazine rings is 1. The Balaban J connectivity index is 1.27. The van der Waals surface area contributed by atoms with E-state index in [1.165, 1.54) is 18.5 Å². The van der Waals surface area contributed by atoms with Crippen molar-refractivity contribution in [3.63, 3.8) is 0 Å². The van der Waals surface area contributed by atoms with Crippen LogP contribution in [0.15, 0.2) is 18.2 Å². The van der Waals surface area contributed by atoms with Crippen LogP contribution in [0, 0.1) is 6.92 Å². The van der Waals surface area contributed by atoms with E-state index < -0.39 is 11.5 Å². The van der Waals surface area contributed by atoms with E-state index >= 15 is 0 Å². The van der Waals surface area contributed by atoms with Gasteiger partial charge in [0.25, 0.3) is 5.91 Å². The summed E-state index contributed by atoms with van der Waals surface area (Å²) in [5.74, 6) is -0.0798. The molecular formula is C34H52N8O4. The Labute approximate surface area is 273 Å². The van der Waals surface area contributed by atoms with Crippen LogP contribution >= 0.6 is 0 Å². The quantitative estimate of drug-likeness (QED) is 0.435. The van der Waals surface area contributed by atoms with Crippen molar-refractivity contribution in [3.05, 3.63) is 35.2 Å². The largest absolute Gasteiger partial charge is 0.471 e. The van der Waals surface area contributed by atoms with Gasteiger partial charge in [-0.2, -0.15) is 4.98 Å². The first-order chi connectivity index (χ1) is 21.9. The summed E-state index contributed by atoms with van der Waals surface area (Å²) in [7, 11) is 2.20.